The molecule has 0 heterocycles. The molecule has 120 valence electrons. The number of nitrogens with one attached hydrogen (secondary N) is 1. The van der Waals surface area contributed by atoms with E-state index < -0.39 is 0 Å². The van der Waals surface area contributed by atoms with E-state index in [4.69, 9.17) is 0 Å². The van der Waals surface area contributed by atoms with Gasteiger partial charge in [0, 0.05) is 25.2 Å². The number of likely N-dealkylation sites (N-methyl/N-ethyl adjacent to an activating group) is 1. The highest BCUT2D eigenvalue weighted by molar-refractivity contribution is 4.90. The maximum absolute atomic E-state index is 3.65. The van der Waals surface area contributed by atoms with Gasteiger partial charge in [-0.3, -0.25) is 0 Å². The van der Waals surface area contributed by atoms with Gasteiger partial charge in [-0.1, -0.05) is 33.1 Å². The molecule has 0 bridgehead atoms. The zero-order valence-corrected chi connectivity index (χ0v) is 14.5. The molecule has 3 nitrogen and oxygen atoms in total. The Bertz CT molecular complexity index is 245. The summed E-state index contributed by atoms with van der Waals surface area (Å²) in [5.74, 6) is 0.758. The Labute approximate surface area is 127 Å². The Kier molecular flexibility index (Phi) is 8.08. The van der Waals surface area contributed by atoms with Crippen molar-refractivity contribution < 1.29 is 0 Å². The highest BCUT2D eigenvalue weighted by atomic mass is 15.2. The average Bonchev–Trinajstić information content (AvgIpc) is 2.42. The minimum absolute atomic E-state index is 0.422. The van der Waals surface area contributed by atoms with Crippen LogP contribution in [0.2, 0.25) is 0 Å². The van der Waals surface area contributed by atoms with Crippen molar-refractivity contribution in [1.82, 2.24) is 15.1 Å². The van der Waals surface area contributed by atoms with Gasteiger partial charge >= 0.3 is 0 Å². The van der Waals surface area contributed by atoms with Crippen LogP contribution in [0.3, 0.4) is 0 Å². The molecule has 0 aromatic rings. The molecule has 0 radical (unpaired) electrons. The lowest BCUT2D eigenvalue weighted by molar-refractivity contribution is 0.164. The molecule has 0 aromatic carbocycles. The highest BCUT2D eigenvalue weighted by Crippen LogP contribution is 2.30. The van der Waals surface area contributed by atoms with Gasteiger partial charge in [-0.2, -0.15) is 0 Å². The third-order valence-corrected chi connectivity index (χ3v) is 4.73. The first-order valence-electron chi connectivity index (χ1n) is 8.53. The third kappa shape index (κ3) is 6.55. The summed E-state index contributed by atoms with van der Waals surface area (Å²) in [6.45, 7) is 9.50. The third-order valence-electron chi connectivity index (χ3n) is 4.73. The van der Waals surface area contributed by atoms with Gasteiger partial charge in [-0.25, -0.2) is 0 Å². The summed E-state index contributed by atoms with van der Waals surface area (Å²) < 4.78 is 0. The molecule has 0 spiro atoms. The second kappa shape index (κ2) is 9.01. The predicted octanol–water partition coefficient (Wildman–Crippen LogP) is 2.82. The van der Waals surface area contributed by atoms with E-state index in [1.807, 2.05) is 0 Å². The Balaban J connectivity index is 2.45. The predicted molar refractivity (Wildman–Crippen MR) is 89.3 cm³/mol. The van der Waals surface area contributed by atoms with Crippen molar-refractivity contribution in [3.63, 3.8) is 0 Å². The summed E-state index contributed by atoms with van der Waals surface area (Å²) in [7, 11) is 6.51. The monoisotopic (exact) mass is 283 g/mol. The van der Waals surface area contributed by atoms with E-state index in [9.17, 15) is 0 Å². The Morgan fingerprint density at radius 2 is 1.65 bits per heavy atom. The zero-order valence-electron chi connectivity index (χ0n) is 14.5. The molecule has 1 fully saturated rings. The maximum atomic E-state index is 3.65. The molecule has 1 aliphatic carbocycles. The average molecular weight is 284 g/mol. The van der Waals surface area contributed by atoms with Crippen LogP contribution < -0.4 is 5.32 Å². The van der Waals surface area contributed by atoms with E-state index >= 15 is 0 Å². The molecular formula is C17H37N3. The summed E-state index contributed by atoms with van der Waals surface area (Å²) >= 11 is 0. The molecule has 1 saturated carbocycles. The van der Waals surface area contributed by atoms with Crippen molar-refractivity contribution in [2.75, 3.05) is 47.3 Å². The zero-order chi connectivity index (χ0) is 15.0. The van der Waals surface area contributed by atoms with Crippen molar-refractivity contribution in [3.05, 3.63) is 0 Å². The molecule has 0 atom stereocenters. The van der Waals surface area contributed by atoms with E-state index in [0.717, 1.165) is 5.92 Å². The molecule has 1 N–H and O–H groups in total. The van der Waals surface area contributed by atoms with Crippen LogP contribution in [0, 0.1) is 5.92 Å². The van der Waals surface area contributed by atoms with Crippen LogP contribution in [0.25, 0.3) is 0 Å². The highest BCUT2D eigenvalue weighted by Gasteiger charge is 2.30. The molecular weight excluding hydrogens is 246 g/mol. The van der Waals surface area contributed by atoms with E-state index in [-0.39, 0.29) is 0 Å². The summed E-state index contributed by atoms with van der Waals surface area (Å²) in [5, 5.41) is 3.65. The van der Waals surface area contributed by atoms with E-state index in [1.165, 1.54) is 64.7 Å². The smallest absolute Gasteiger partial charge is 0.0190 e. The summed E-state index contributed by atoms with van der Waals surface area (Å²) in [6.07, 6.45) is 8.29. The largest absolute Gasteiger partial charge is 0.314 e. The number of hydrogen-bond donors (Lipinski definition) is 1. The van der Waals surface area contributed by atoms with Crippen LogP contribution in [0.15, 0.2) is 0 Å². The molecule has 0 aromatic heterocycles. The lowest BCUT2D eigenvalue weighted by Gasteiger charge is -2.39. The summed E-state index contributed by atoms with van der Waals surface area (Å²) in [5.41, 5.74) is 0.422. The quantitative estimate of drug-likeness (QED) is 0.702. The van der Waals surface area contributed by atoms with Gasteiger partial charge in [0.1, 0.15) is 0 Å². The number of rotatable bonds is 9. The number of nitrogens with zero attached hydrogens (tertiary/aromatic N) is 2. The van der Waals surface area contributed by atoms with Crippen LogP contribution in [-0.2, 0) is 0 Å². The lowest BCUT2D eigenvalue weighted by atomic mass is 9.79. The SMILES string of the molecule is CNC1(CCN(CCN(C)C)CC(C)C)CCCCC1. The molecule has 3 heteroatoms. The van der Waals surface area contributed by atoms with Gasteiger partial charge < -0.3 is 15.1 Å². The molecule has 20 heavy (non-hydrogen) atoms. The maximum Gasteiger partial charge on any atom is 0.0190 e. The van der Waals surface area contributed by atoms with E-state index in [0.29, 0.717) is 5.54 Å². The first kappa shape index (κ1) is 17.9. The molecule has 1 rings (SSSR count). The fourth-order valence-corrected chi connectivity index (χ4v) is 3.38. The first-order valence-corrected chi connectivity index (χ1v) is 8.53. The van der Waals surface area contributed by atoms with E-state index in [2.05, 4.69) is 50.1 Å². The van der Waals surface area contributed by atoms with Crippen molar-refractivity contribution in [2.24, 2.45) is 5.92 Å². The van der Waals surface area contributed by atoms with E-state index in [1.54, 1.807) is 0 Å². The standard InChI is InChI=1S/C17H37N3/c1-16(2)15-20(14-13-19(4)5)12-11-17(18-3)9-7-6-8-10-17/h16,18H,6-15H2,1-5H3. The van der Waals surface area contributed by atoms with Gasteiger partial charge in [0.05, 0.1) is 0 Å². The van der Waals surface area contributed by atoms with Gasteiger partial charge in [-0.15, -0.1) is 0 Å². The van der Waals surface area contributed by atoms with Crippen molar-refractivity contribution in [3.8, 4) is 0 Å². The van der Waals surface area contributed by atoms with Crippen LogP contribution in [0.1, 0.15) is 52.4 Å². The summed E-state index contributed by atoms with van der Waals surface area (Å²) in [6, 6.07) is 0. The fourth-order valence-electron chi connectivity index (χ4n) is 3.38. The van der Waals surface area contributed by atoms with Gasteiger partial charge in [-0.05, 0) is 52.9 Å². The van der Waals surface area contributed by atoms with Crippen molar-refractivity contribution >= 4 is 0 Å². The van der Waals surface area contributed by atoms with Crippen LogP contribution in [0.5, 0.6) is 0 Å². The second-order valence-corrected chi connectivity index (χ2v) is 7.34. The Morgan fingerprint density at radius 1 is 1.00 bits per heavy atom. The first-order chi connectivity index (χ1) is 9.47. The molecule has 0 aliphatic heterocycles. The molecule has 0 amide bonds. The fraction of sp³-hybridized carbons (Fsp3) is 1.00. The second-order valence-electron chi connectivity index (χ2n) is 7.34. The number of hydrogen-bond acceptors (Lipinski definition) is 3. The van der Waals surface area contributed by atoms with Gasteiger partial charge in [0.25, 0.3) is 0 Å². The molecule has 0 saturated heterocycles. The van der Waals surface area contributed by atoms with Gasteiger partial charge in [0.2, 0.25) is 0 Å². The molecule has 1 aliphatic rings. The van der Waals surface area contributed by atoms with Crippen LogP contribution >= 0.6 is 0 Å². The van der Waals surface area contributed by atoms with Crippen LogP contribution in [0.4, 0.5) is 0 Å². The van der Waals surface area contributed by atoms with Crippen molar-refractivity contribution in [1.29, 1.82) is 0 Å². The topological polar surface area (TPSA) is 18.5 Å². The Morgan fingerprint density at radius 3 is 2.15 bits per heavy atom. The lowest BCUT2D eigenvalue weighted by Crippen LogP contribution is -2.48. The minimum Gasteiger partial charge on any atom is -0.314 e. The normalized spacial score (nSPS) is 19.2. The van der Waals surface area contributed by atoms with Gasteiger partial charge in [0.15, 0.2) is 0 Å². The molecule has 0 unspecified atom stereocenters. The van der Waals surface area contributed by atoms with Crippen molar-refractivity contribution in [2.45, 2.75) is 57.9 Å². The van der Waals surface area contributed by atoms with Crippen LogP contribution in [-0.4, -0.2) is 62.7 Å². The minimum atomic E-state index is 0.422. The summed E-state index contributed by atoms with van der Waals surface area (Å²) in [4.78, 5) is 4.96. The Hall–Kier alpha value is -0.120.